The Kier molecular flexibility index (Phi) is 12.8. The van der Waals surface area contributed by atoms with Crippen molar-refractivity contribution in [2.75, 3.05) is 19.6 Å². The van der Waals surface area contributed by atoms with Gasteiger partial charge < -0.3 is 4.90 Å². The van der Waals surface area contributed by atoms with E-state index >= 15 is 0 Å². The largest absolute Gasteiger partial charge is 0.303 e. The van der Waals surface area contributed by atoms with Gasteiger partial charge in [0.15, 0.2) is 0 Å². The lowest BCUT2D eigenvalue weighted by molar-refractivity contribution is 0.274. The van der Waals surface area contributed by atoms with Crippen LogP contribution in [0.25, 0.3) is 0 Å². The molecule has 2 nitrogen and oxygen atoms in total. The smallest absolute Gasteiger partial charge is 0.0587 e. The fraction of sp³-hybridized carbons (Fsp3) is 0.536. The van der Waals surface area contributed by atoms with Crippen LogP contribution < -0.4 is 0 Å². The number of aryl methyl sites for hydroxylation is 1. The summed E-state index contributed by atoms with van der Waals surface area (Å²) in [6.07, 6.45) is 7.91. The highest BCUT2D eigenvalue weighted by Gasteiger charge is 2.28. The zero-order chi connectivity index (χ0) is 23.2. The molecule has 0 aromatic heterocycles. The van der Waals surface area contributed by atoms with Crippen molar-refractivity contribution in [1.29, 1.82) is 5.26 Å². The topological polar surface area (TPSA) is 27.0 Å². The Morgan fingerprint density at radius 2 is 1.53 bits per heavy atom. The Labute approximate surface area is 205 Å². The van der Waals surface area contributed by atoms with Crippen molar-refractivity contribution in [1.82, 2.24) is 4.90 Å². The normalized spacial score (nSPS) is 20.3. The Hall–Kier alpha value is -1.53. The summed E-state index contributed by atoms with van der Waals surface area (Å²) in [6.45, 7) is 7.22. The predicted molar refractivity (Wildman–Crippen MR) is 139 cm³/mol. The minimum absolute atomic E-state index is 0.107. The molecule has 0 aliphatic heterocycles. The third-order valence-corrected chi connectivity index (χ3v) is 7.32. The van der Waals surface area contributed by atoms with E-state index in [-0.39, 0.29) is 10.8 Å². The van der Waals surface area contributed by atoms with Gasteiger partial charge in [0.25, 0.3) is 0 Å². The van der Waals surface area contributed by atoms with E-state index in [9.17, 15) is 0 Å². The molecule has 32 heavy (non-hydrogen) atoms. The fourth-order valence-electron chi connectivity index (χ4n) is 4.43. The zero-order valence-electron chi connectivity index (χ0n) is 19.6. The number of nitrogens with zero attached hydrogens (tertiary/aromatic N) is 2. The second-order valence-corrected chi connectivity index (χ2v) is 9.81. The summed E-state index contributed by atoms with van der Waals surface area (Å²) in [6, 6.07) is 21.9. The average molecular weight is 474 g/mol. The first kappa shape index (κ1) is 26.7. The van der Waals surface area contributed by atoms with Gasteiger partial charge in [0.1, 0.15) is 0 Å². The standard InChI is InChI=1S/C26H35Cl2N.C2H3N/c1-2-17-29(19-16-21-7-4-3-5-8-21)18-6-9-22-10-12-23(13-11-22)24-14-15-25(27)26(28)20-24;1-2-3/h3-5,7-8,10-13,24-26H,2,6,9,14-20H2,1H3;1H3. The predicted octanol–water partition coefficient (Wildman–Crippen LogP) is 7.59. The van der Waals surface area contributed by atoms with Crippen molar-refractivity contribution < 1.29 is 0 Å². The first-order chi connectivity index (χ1) is 15.6. The summed E-state index contributed by atoms with van der Waals surface area (Å²) in [7, 11) is 0. The lowest BCUT2D eigenvalue weighted by Gasteiger charge is -2.29. The average Bonchev–Trinajstić information content (AvgIpc) is 2.81. The molecular formula is C28H38Cl2N2. The number of benzene rings is 2. The molecule has 1 fully saturated rings. The highest BCUT2D eigenvalue weighted by molar-refractivity contribution is 6.30. The lowest BCUT2D eigenvalue weighted by Crippen LogP contribution is -2.28. The quantitative estimate of drug-likeness (QED) is 0.333. The van der Waals surface area contributed by atoms with E-state index in [0.29, 0.717) is 5.92 Å². The van der Waals surface area contributed by atoms with Gasteiger partial charge in [-0.05, 0) is 80.6 Å². The Bertz CT molecular complexity index is 785. The number of rotatable bonds is 10. The second-order valence-electron chi connectivity index (χ2n) is 8.69. The van der Waals surface area contributed by atoms with Gasteiger partial charge in [0.2, 0.25) is 0 Å². The number of hydrogen-bond acceptors (Lipinski definition) is 2. The van der Waals surface area contributed by atoms with Crippen molar-refractivity contribution in [3.63, 3.8) is 0 Å². The SMILES string of the molecule is CC#N.CCCN(CCCc1ccc(C2CCC(Cl)C(Cl)C2)cc1)CCc1ccccc1. The maximum absolute atomic E-state index is 7.32. The number of nitriles is 1. The molecule has 3 atom stereocenters. The van der Waals surface area contributed by atoms with Crippen LogP contribution in [0.4, 0.5) is 0 Å². The van der Waals surface area contributed by atoms with Gasteiger partial charge in [-0.1, -0.05) is 61.5 Å². The highest BCUT2D eigenvalue weighted by atomic mass is 35.5. The van der Waals surface area contributed by atoms with E-state index < -0.39 is 0 Å². The molecule has 4 heteroatoms. The van der Waals surface area contributed by atoms with Crippen LogP contribution in [0.15, 0.2) is 54.6 Å². The van der Waals surface area contributed by atoms with Gasteiger partial charge in [0.05, 0.1) is 11.4 Å². The number of alkyl halides is 2. The lowest BCUT2D eigenvalue weighted by atomic mass is 9.83. The highest BCUT2D eigenvalue weighted by Crippen LogP contribution is 2.37. The molecule has 3 rings (SSSR count). The molecule has 2 aromatic carbocycles. The monoisotopic (exact) mass is 472 g/mol. The van der Waals surface area contributed by atoms with E-state index in [4.69, 9.17) is 28.5 Å². The summed E-state index contributed by atoms with van der Waals surface area (Å²) < 4.78 is 0. The number of hydrogen-bond donors (Lipinski definition) is 0. The molecule has 0 bridgehead atoms. The van der Waals surface area contributed by atoms with Crippen LogP contribution in [0.1, 0.15) is 68.6 Å². The van der Waals surface area contributed by atoms with Crippen LogP contribution in [0.2, 0.25) is 0 Å². The van der Waals surface area contributed by atoms with Crippen LogP contribution in [0.5, 0.6) is 0 Å². The minimum atomic E-state index is 0.107. The van der Waals surface area contributed by atoms with Crippen molar-refractivity contribution in [2.45, 2.75) is 75.5 Å². The molecule has 2 aromatic rings. The third-order valence-electron chi connectivity index (χ3n) is 6.18. The van der Waals surface area contributed by atoms with E-state index in [2.05, 4.69) is 66.4 Å². The van der Waals surface area contributed by atoms with Gasteiger partial charge in [0, 0.05) is 18.8 Å². The molecule has 0 saturated heterocycles. The van der Waals surface area contributed by atoms with Crippen molar-refractivity contribution >= 4 is 23.2 Å². The van der Waals surface area contributed by atoms with Crippen molar-refractivity contribution in [2.24, 2.45) is 0 Å². The summed E-state index contributed by atoms with van der Waals surface area (Å²) in [5.41, 5.74) is 4.31. The maximum atomic E-state index is 7.32. The first-order valence-electron chi connectivity index (χ1n) is 12.0. The van der Waals surface area contributed by atoms with Gasteiger partial charge in [-0.15, -0.1) is 23.2 Å². The van der Waals surface area contributed by atoms with Gasteiger partial charge >= 0.3 is 0 Å². The van der Waals surface area contributed by atoms with Crippen LogP contribution in [-0.2, 0) is 12.8 Å². The molecule has 0 N–H and O–H groups in total. The van der Waals surface area contributed by atoms with Crippen LogP contribution in [-0.4, -0.2) is 35.3 Å². The molecule has 1 aliphatic carbocycles. The maximum Gasteiger partial charge on any atom is 0.0587 e. The molecule has 0 heterocycles. The molecular weight excluding hydrogens is 435 g/mol. The molecule has 0 amide bonds. The second kappa shape index (κ2) is 15.3. The van der Waals surface area contributed by atoms with Crippen molar-refractivity contribution in [3.8, 4) is 6.07 Å². The van der Waals surface area contributed by atoms with E-state index in [0.717, 1.165) is 38.6 Å². The summed E-state index contributed by atoms with van der Waals surface area (Å²) in [5.74, 6) is 0.569. The molecule has 1 saturated carbocycles. The van der Waals surface area contributed by atoms with Crippen LogP contribution >= 0.6 is 23.2 Å². The number of halogens is 2. The molecule has 174 valence electrons. The van der Waals surface area contributed by atoms with Crippen LogP contribution in [0, 0.1) is 11.3 Å². The molecule has 1 aliphatic rings. The summed E-state index contributed by atoms with van der Waals surface area (Å²) in [5, 5.41) is 7.57. The minimum Gasteiger partial charge on any atom is -0.303 e. The third kappa shape index (κ3) is 9.53. The van der Waals surface area contributed by atoms with E-state index in [1.165, 1.54) is 49.5 Å². The first-order valence-corrected chi connectivity index (χ1v) is 12.9. The Morgan fingerprint density at radius 1 is 0.875 bits per heavy atom. The Balaban J connectivity index is 0.00000114. The molecule has 3 unspecified atom stereocenters. The van der Waals surface area contributed by atoms with Gasteiger partial charge in [-0.2, -0.15) is 5.26 Å². The molecule has 0 radical (unpaired) electrons. The van der Waals surface area contributed by atoms with Gasteiger partial charge in [-0.25, -0.2) is 0 Å². The Morgan fingerprint density at radius 3 is 2.16 bits per heavy atom. The van der Waals surface area contributed by atoms with Crippen molar-refractivity contribution in [3.05, 3.63) is 71.3 Å². The van der Waals surface area contributed by atoms with Crippen LogP contribution in [0.3, 0.4) is 0 Å². The fourth-order valence-corrected chi connectivity index (χ4v) is 5.00. The van der Waals surface area contributed by atoms with Gasteiger partial charge in [-0.3, -0.25) is 0 Å². The van der Waals surface area contributed by atoms with E-state index in [1.807, 2.05) is 0 Å². The van der Waals surface area contributed by atoms with E-state index in [1.54, 1.807) is 6.07 Å². The summed E-state index contributed by atoms with van der Waals surface area (Å²) >= 11 is 12.7. The zero-order valence-corrected chi connectivity index (χ0v) is 21.2. The summed E-state index contributed by atoms with van der Waals surface area (Å²) in [4.78, 5) is 2.62. The molecule has 0 spiro atoms.